The van der Waals surface area contributed by atoms with Crippen LogP contribution in [-0.4, -0.2) is 4.98 Å². The van der Waals surface area contributed by atoms with Crippen LogP contribution in [0.4, 0.5) is 0 Å². The van der Waals surface area contributed by atoms with Gasteiger partial charge in [0.15, 0.2) is 4.67 Å². The van der Waals surface area contributed by atoms with E-state index in [9.17, 15) is 0 Å². The van der Waals surface area contributed by atoms with Crippen LogP contribution in [0.5, 0.6) is 0 Å². The third kappa shape index (κ3) is 1.80. The van der Waals surface area contributed by atoms with Gasteiger partial charge >= 0.3 is 0 Å². The van der Waals surface area contributed by atoms with Gasteiger partial charge in [-0.3, -0.25) is 0 Å². The molecule has 2 aromatic rings. The van der Waals surface area contributed by atoms with Crippen molar-refractivity contribution in [3.05, 3.63) is 40.7 Å². The number of halogens is 1. The Morgan fingerprint density at radius 3 is 2.85 bits per heavy atom. The van der Waals surface area contributed by atoms with Crippen LogP contribution in [0.3, 0.4) is 0 Å². The number of hydrogen-bond donors (Lipinski definition) is 0. The molecule has 0 radical (unpaired) electrons. The highest BCUT2D eigenvalue weighted by atomic mass is 79.9. The largest absolute Gasteiger partial charge is 0.429 e. The van der Waals surface area contributed by atoms with Gasteiger partial charge in [0.1, 0.15) is 0 Å². The fourth-order valence-electron chi connectivity index (χ4n) is 1.17. The molecule has 1 heterocycles. The van der Waals surface area contributed by atoms with Crippen LogP contribution in [0.1, 0.15) is 5.56 Å². The lowest BCUT2D eigenvalue weighted by Gasteiger charge is -1.95. The van der Waals surface area contributed by atoms with Crippen molar-refractivity contribution in [2.45, 2.75) is 6.92 Å². The normalized spacial score (nSPS) is 10.3. The van der Waals surface area contributed by atoms with Crippen molar-refractivity contribution in [1.29, 1.82) is 0 Å². The van der Waals surface area contributed by atoms with E-state index in [2.05, 4.69) is 20.9 Å². The first-order chi connectivity index (χ1) is 6.25. The maximum atomic E-state index is 5.33. The minimum Gasteiger partial charge on any atom is -0.429 e. The Kier molecular flexibility index (Phi) is 2.19. The minimum atomic E-state index is 0.649. The number of nitrogens with zero attached hydrogens (tertiary/aromatic N) is 1. The summed E-state index contributed by atoms with van der Waals surface area (Å²) in [6.07, 6.45) is 1.65. The van der Waals surface area contributed by atoms with Gasteiger partial charge in [-0.1, -0.05) is 17.7 Å². The molecule has 0 unspecified atom stereocenters. The standard InChI is InChI=1S/C10H8BrNO/c1-7-3-2-4-8(5-7)10-12-6-9(11)13-10/h2-6H,1H3. The summed E-state index contributed by atoms with van der Waals surface area (Å²) < 4.78 is 5.99. The smallest absolute Gasteiger partial charge is 0.227 e. The molecule has 0 aliphatic rings. The second kappa shape index (κ2) is 3.34. The topological polar surface area (TPSA) is 26.0 Å². The fourth-order valence-corrected chi connectivity index (χ4v) is 1.42. The third-order valence-corrected chi connectivity index (χ3v) is 2.11. The van der Waals surface area contributed by atoms with Crippen LogP contribution in [0, 0.1) is 6.92 Å². The maximum Gasteiger partial charge on any atom is 0.227 e. The highest BCUT2D eigenvalue weighted by molar-refractivity contribution is 9.10. The molecule has 0 spiro atoms. The van der Waals surface area contributed by atoms with Crippen molar-refractivity contribution in [2.75, 3.05) is 0 Å². The summed E-state index contributed by atoms with van der Waals surface area (Å²) in [5, 5.41) is 0. The van der Waals surface area contributed by atoms with Crippen molar-refractivity contribution >= 4 is 15.9 Å². The van der Waals surface area contributed by atoms with Gasteiger partial charge in [-0.25, -0.2) is 4.98 Å². The monoisotopic (exact) mass is 237 g/mol. The van der Waals surface area contributed by atoms with Gasteiger partial charge in [0.05, 0.1) is 6.20 Å². The number of hydrogen-bond acceptors (Lipinski definition) is 2. The lowest BCUT2D eigenvalue weighted by atomic mass is 10.1. The Bertz CT molecular complexity index is 422. The summed E-state index contributed by atoms with van der Waals surface area (Å²) in [6, 6.07) is 8.05. The van der Waals surface area contributed by atoms with E-state index in [1.54, 1.807) is 6.20 Å². The molecular formula is C10H8BrNO. The summed E-state index contributed by atoms with van der Waals surface area (Å²) in [6.45, 7) is 2.04. The predicted molar refractivity (Wildman–Crippen MR) is 54.4 cm³/mol. The predicted octanol–water partition coefficient (Wildman–Crippen LogP) is 3.41. The van der Waals surface area contributed by atoms with Crippen molar-refractivity contribution in [2.24, 2.45) is 0 Å². The molecule has 1 aromatic carbocycles. The third-order valence-electron chi connectivity index (χ3n) is 1.74. The molecule has 2 rings (SSSR count). The highest BCUT2D eigenvalue weighted by Gasteiger charge is 2.03. The quantitative estimate of drug-likeness (QED) is 0.760. The zero-order valence-corrected chi connectivity index (χ0v) is 8.71. The molecule has 66 valence electrons. The minimum absolute atomic E-state index is 0.649. The van der Waals surface area contributed by atoms with Gasteiger partial charge in [0.25, 0.3) is 0 Å². The number of aryl methyl sites for hydroxylation is 1. The first-order valence-corrected chi connectivity index (χ1v) is 4.73. The van der Waals surface area contributed by atoms with Gasteiger partial charge in [-0.2, -0.15) is 0 Å². The average Bonchev–Trinajstić information content (AvgIpc) is 2.52. The molecule has 2 nitrogen and oxygen atoms in total. The van der Waals surface area contributed by atoms with Crippen LogP contribution >= 0.6 is 15.9 Å². The number of rotatable bonds is 1. The van der Waals surface area contributed by atoms with Gasteiger partial charge in [0.2, 0.25) is 5.89 Å². The van der Waals surface area contributed by atoms with E-state index in [0.717, 1.165) is 5.56 Å². The van der Waals surface area contributed by atoms with E-state index >= 15 is 0 Å². The zero-order chi connectivity index (χ0) is 9.26. The molecule has 13 heavy (non-hydrogen) atoms. The van der Waals surface area contributed by atoms with Gasteiger partial charge in [0, 0.05) is 5.56 Å². The van der Waals surface area contributed by atoms with Crippen LogP contribution in [0.2, 0.25) is 0 Å². The Balaban J connectivity index is 2.46. The first kappa shape index (κ1) is 8.51. The summed E-state index contributed by atoms with van der Waals surface area (Å²) >= 11 is 3.22. The molecular weight excluding hydrogens is 230 g/mol. The first-order valence-electron chi connectivity index (χ1n) is 3.94. The van der Waals surface area contributed by atoms with E-state index < -0.39 is 0 Å². The molecule has 0 fully saturated rings. The van der Waals surface area contributed by atoms with Gasteiger partial charge in [-0.15, -0.1) is 0 Å². The van der Waals surface area contributed by atoms with E-state index in [1.807, 2.05) is 31.2 Å². The van der Waals surface area contributed by atoms with E-state index in [1.165, 1.54) is 5.56 Å². The van der Waals surface area contributed by atoms with Crippen molar-refractivity contribution < 1.29 is 4.42 Å². The van der Waals surface area contributed by atoms with Crippen LogP contribution in [0.25, 0.3) is 11.5 Å². The molecule has 3 heteroatoms. The Hall–Kier alpha value is -1.09. The van der Waals surface area contributed by atoms with E-state index in [0.29, 0.717) is 10.6 Å². The molecule has 1 aromatic heterocycles. The van der Waals surface area contributed by atoms with Crippen molar-refractivity contribution in [3.63, 3.8) is 0 Å². The summed E-state index contributed by atoms with van der Waals surface area (Å²) in [5.74, 6) is 0.649. The second-order valence-electron chi connectivity index (χ2n) is 2.84. The molecule has 0 atom stereocenters. The molecule has 0 bridgehead atoms. The van der Waals surface area contributed by atoms with E-state index in [-0.39, 0.29) is 0 Å². The van der Waals surface area contributed by atoms with Gasteiger partial charge in [-0.05, 0) is 35.0 Å². The van der Waals surface area contributed by atoms with Crippen LogP contribution in [-0.2, 0) is 0 Å². The fraction of sp³-hybridized carbons (Fsp3) is 0.100. The second-order valence-corrected chi connectivity index (χ2v) is 3.62. The lowest BCUT2D eigenvalue weighted by Crippen LogP contribution is -1.77. The zero-order valence-electron chi connectivity index (χ0n) is 7.12. The van der Waals surface area contributed by atoms with Gasteiger partial charge < -0.3 is 4.42 Å². The molecule has 0 aliphatic carbocycles. The summed E-state index contributed by atoms with van der Waals surface area (Å²) in [7, 11) is 0. The number of aromatic nitrogens is 1. The Morgan fingerprint density at radius 1 is 1.38 bits per heavy atom. The Labute approximate surface area is 84.7 Å². The SMILES string of the molecule is Cc1cccc(-c2ncc(Br)o2)c1. The molecule has 0 saturated heterocycles. The maximum absolute atomic E-state index is 5.33. The Morgan fingerprint density at radius 2 is 2.23 bits per heavy atom. The number of benzene rings is 1. The summed E-state index contributed by atoms with van der Waals surface area (Å²) in [4.78, 5) is 4.11. The molecule has 0 saturated carbocycles. The molecule has 0 amide bonds. The summed E-state index contributed by atoms with van der Waals surface area (Å²) in [5.41, 5.74) is 2.21. The van der Waals surface area contributed by atoms with E-state index in [4.69, 9.17) is 4.42 Å². The average molecular weight is 238 g/mol. The van der Waals surface area contributed by atoms with Crippen molar-refractivity contribution in [1.82, 2.24) is 4.98 Å². The number of oxazole rings is 1. The highest BCUT2D eigenvalue weighted by Crippen LogP contribution is 2.22. The lowest BCUT2D eigenvalue weighted by molar-refractivity contribution is 0.549. The van der Waals surface area contributed by atoms with Crippen molar-refractivity contribution in [3.8, 4) is 11.5 Å². The molecule has 0 N–H and O–H groups in total. The molecule has 0 aliphatic heterocycles. The van der Waals surface area contributed by atoms with Crippen LogP contribution in [0.15, 0.2) is 39.5 Å². The van der Waals surface area contributed by atoms with Crippen LogP contribution < -0.4 is 0 Å².